The molecular weight excluding hydrogens is 310 g/mol. The second kappa shape index (κ2) is 7.99. The zero-order chi connectivity index (χ0) is 16.8. The average molecular weight is 332 g/mol. The van der Waals surface area contributed by atoms with Gasteiger partial charge in [0.25, 0.3) is 0 Å². The third-order valence-electron chi connectivity index (χ3n) is 3.52. The molecule has 2 aromatic carbocycles. The molecule has 0 aliphatic rings. The highest BCUT2D eigenvalue weighted by atomic mass is 35.5. The molecule has 2 rings (SSSR count). The summed E-state index contributed by atoms with van der Waals surface area (Å²) in [5, 5.41) is 13.7. The molecule has 23 heavy (non-hydrogen) atoms. The Kier molecular flexibility index (Phi) is 6.02. The van der Waals surface area contributed by atoms with Gasteiger partial charge >= 0.3 is 0 Å². The number of halogens is 1. The minimum atomic E-state index is -0.786. The molecule has 0 heterocycles. The molecule has 4 nitrogen and oxygen atoms in total. The predicted octanol–water partition coefficient (Wildman–Crippen LogP) is 3.92. The summed E-state index contributed by atoms with van der Waals surface area (Å²) in [5.74, 6) is 0.703. The fourth-order valence-electron chi connectivity index (χ4n) is 2.19. The van der Waals surface area contributed by atoms with Gasteiger partial charge in [-0.2, -0.15) is 0 Å². The average Bonchev–Trinajstić information content (AvgIpc) is 2.53. The SMILES string of the molecule is CC(C)c1cccc(NC(N)=NCC(O)c2ccccc2Cl)c1. The van der Waals surface area contributed by atoms with E-state index in [1.807, 2.05) is 30.3 Å². The van der Waals surface area contributed by atoms with Crippen LogP contribution in [0.15, 0.2) is 53.5 Å². The van der Waals surface area contributed by atoms with Crippen molar-refractivity contribution in [2.24, 2.45) is 10.7 Å². The van der Waals surface area contributed by atoms with Gasteiger partial charge in [-0.15, -0.1) is 0 Å². The second-order valence-corrected chi connectivity index (χ2v) is 6.08. The number of hydrogen-bond acceptors (Lipinski definition) is 2. The van der Waals surface area contributed by atoms with Gasteiger partial charge in [-0.3, -0.25) is 4.99 Å². The van der Waals surface area contributed by atoms with E-state index >= 15 is 0 Å². The number of nitrogens with one attached hydrogen (secondary N) is 1. The van der Waals surface area contributed by atoms with Crippen molar-refractivity contribution in [1.29, 1.82) is 0 Å². The quantitative estimate of drug-likeness (QED) is 0.574. The lowest BCUT2D eigenvalue weighted by Crippen LogP contribution is -2.23. The van der Waals surface area contributed by atoms with Gasteiger partial charge in [0.05, 0.1) is 6.54 Å². The van der Waals surface area contributed by atoms with Crippen LogP contribution >= 0.6 is 11.6 Å². The van der Waals surface area contributed by atoms with Gasteiger partial charge in [0.15, 0.2) is 5.96 Å². The molecule has 0 saturated carbocycles. The monoisotopic (exact) mass is 331 g/mol. The van der Waals surface area contributed by atoms with Crippen molar-refractivity contribution in [3.8, 4) is 0 Å². The molecule has 122 valence electrons. The summed E-state index contributed by atoms with van der Waals surface area (Å²) in [6.07, 6.45) is -0.786. The summed E-state index contributed by atoms with van der Waals surface area (Å²) < 4.78 is 0. The predicted molar refractivity (Wildman–Crippen MR) is 97.1 cm³/mol. The highest BCUT2D eigenvalue weighted by Crippen LogP contribution is 2.22. The first-order valence-corrected chi connectivity index (χ1v) is 7.94. The number of rotatable bonds is 5. The zero-order valence-electron chi connectivity index (χ0n) is 13.3. The zero-order valence-corrected chi connectivity index (χ0v) is 14.1. The lowest BCUT2D eigenvalue weighted by atomic mass is 10.0. The highest BCUT2D eigenvalue weighted by Gasteiger charge is 2.10. The van der Waals surface area contributed by atoms with Crippen LogP contribution < -0.4 is 11.1 Å². The molecule has 5 heteroatoms. The van der Waals surface area contributed by atoms with E-state index in [2.05, 4.69) is 30.2 Å². The van der Waals surface area contributed by atoms with E-state index in [0.717, 1.165) is 5.69 Å². The molecular formula is C18H22ClN3O. The fourth-order valence-corrected chi connectivity index (χ4v) is 2.45. The van der Waals surface area contributed by atoms with Gasteiger partial charge in [0.1, 0.15) is 6.10 Å². The summed E-state index contributed by atoms with van der Waals surface area (Å²) in [6.45, 7) is 4.42. The minimum Gasteiger partial charge on any atom is -0.386 e. The molecule has 0 fully saturated rings. The number of aliphatic hydroxyl groups is 1. The summed E-state index contributed by atoms with van der Waals surface area (Å²) in [6, 6.07) is 15.2. The Balaban J connectivity index is 2.00. The van der Waals surface area contributed by atoms with E-state index in [-0.39, 0.29) is 12.5 Å². The van der Waals surface area contributed by atoms with E-state index in [0.29, 0.717) is 16.5 Å². The van der Waals surface area contributed by atoms with Crippen LogP contribution in [0.25, 0.3) is 0 Å². The molecule has 4 N–H and O–H groups in total. The van der Waals surface area contributed by atoms with Gasteiger partial charge in [-0.1, -0.05) is 55.8 Å². The van der Waals surface area contributed by atoms with Crippen molar-refractivity contribution < 1.29 is 5.11 Å². The number of benzene rings is 2. The van der Waals surface area contributed by atoms with Gasteiger partial charge < -0.3 is 16.2 Å². The van der Waals surface area contributed by atoms with Gasteiger partial charge in [0, 0.05) is 16.3 Å². The Morgan fingerprint density at radius 3 is 2.65 bits per heavy atom. The van der Waals surface area contributed by atoms with E-state index in [1.54, 1.807) is 12.1 Å². The molecule has 2 aromatic rings. The van der Waals surface area contributed by atoms with E-state index in [4.69, 9.17) is 17.3 Å². The summed E-state index contributed by atoms with van der Waals surface area (Å²) in [5.41, 5.74) is 8.64. The van der Waals surface area contributed by atoms with Crippen LogP contribution in [0.2, 0.25) is 5.02 Å². The van der Waals surface area contributed by atoms with Crippen LogP contribution in [-0.2, 0) is 0 Å². The molecule has 0 saturated heterocycles. The molecule has 0 aromatic heterocycles. The van der Waals surface area contributed by atoms with Crippen LogP contribution in [0.1, 0.15) is 37.0 Å². The van der Waals surface area contributed by atoms with E-state index in [9.17, 15) is 5.11 Å². The molecule has 0 amide bonds. The summed E-state index contributed by atoms with van der Waals surface area (Å²) in [7, 11) is 0. The van der Waals surface area contributed by atoms with Crippen molar-refractivity contribution in [2.45, 2.75) is 25.9 Å². The summed E-state index contributed by atoms with van der Waals surface area (Å²) >= 11 is 6.06. The Hall–Kier alpha value is -2.04. The second-order valence-electron chi connectivity index (χ2n) is 5.67. The van der Waals surface area contributed by atoms with Gasteiger partial charge in [-0.25, -0.2) is 0 Å². The van der Waals surface area contributed by atoms with E-state index in [1.165, 1.54) is 5.56 Å². The normalized spacial score (nSPS) is 13.2. The first-order chi connectivity index (χ1) is 11.0. The van der Waals surface area contributed by atoms with Crippen molar-refractivity contribution in [2.75, 3.05) is 11.9 Å². The van der Waals surface area contributed by atoms with Crippen LogP contribution in [0.5, 0.6) is 0 Å². The number of nitrogens with zero attached hydrogens (tertiary/aromatic N) is 1. The maximum absolute atomic E-state index is 10.2. The largest absolute Gasteiger partial charge is 0.386 e. The fraction of sp³-hybridized carbons (Fsp3) is 0.278. The topological polar surface area (TPSA) is 70.6 Å². The molecule has 0 radical (unpaired) electrons. The first-order valence-electron chi connectivity index (χ1n) is 7.56. The Bertz CT molecular complexity index is 685. The highest BCUT2D eigenvalue weighted by molar-refractivity contribution is 6.31. The number of aliphatic imine (C=N–C) groups is 1. The van der Waals surface area contributed by atoms with Crippen LogP contribution in [0, 0.1) is 0 Å². The van der Waals surface area contributed by atoms with Crippen LogP contribution in [0.3, 0.4) is 0 Å². The van der Waals surface area contributed by atoms with Crippen molar-refractivity contribution in [3.05, 3.63) is 64.7 Å². The molecule has 0 aliphatic carbocycles. The van der Waals surface area contributed by atoms with Gasteiger partial charge in [0.2, 0.25) is 0 Å². The van der Waals surface area contributed by atoms with E-state index < -0.39 is 6.10 Å². The Labute approximate surface area is 142 Å². The maximum Gasteiger partial charge on any atom is 0.193 e. The van der Waals surface area contributed by atoms with Crippen LogP contribution in [-0.4, -0.2) is 17.6 Å². The number of anilines is 1. The minimum absolute atomic E-state index is 0.145. The number of hydrogen-bond donors (Lipinski definition) is 3. The third-order valence-corrected chi connectivity index (χ3v) is 3.87. The standard InChI is InChI=1S/C18H22ClN3O/c1-12(2)13-6-5-7-14(10-13)22-18(20)21-11-17(23)15-8-3-4-9-16(15)19/h3-10,12,17,23H,11H2,1-2H3,(H3,20,21,22). The number of guanidine groups is 1. The Morgan fingerprint density at radius 1 is 1.22 bits per heavy atom. The molecule has 0 aliphatic heterocycles. The van der Waals surface area contributed by atoms with Crippen LogP contribution in [0.4, 0.5) is 5.69 Å². The molecule has 0 spiro atoms. The van der Waals surface area contributed by atoms with Gasteiger partial charge in [-0.05, 0) is 29.7 Å². The Morgan fingerprint density at radius 2 is 1.96 bits per heavy atom. The number of aliphatic hydroxyl groups excluding tert-OH is 1. The van der Waals surface area contributed by atoms with Crippen molar-refractivity contribution in [3.63, 3.8) is 0 Å². The third kappa shape index (κ3) is 4.98. The molecule has 1 atom stereocenters. The number of nitrogens with two attached hydrogens (primary N) is 1. The lowest BCUT2D eigenvalue weighted by molar-refractivity contribution is 0.187. The first kappa shape index (κ1) is 17.3. The maximum atomic E-state index is 10.2. The van der Waals surface area contributed by atoms with Crippen molar-refractivity contribution >= 4 is 23.2 Å². The summed E-state index contributed by atoms with van der Waals surface area (Å²) in [4.78, 5) is 4.19. The molecule has 1 unspecified atom stereocenters. The smallest absolute Gasteiger partial charge is 0.193 e. The lowest BCUT2D eigenvalue weighted by Gasteiger charge is -2.12. The molecule has 0 bridgehead atoms. The van der Waals surface area contributed by atoms with Crippen molar-refractivity contribution in [1.82, 2.24) is 0 Å².